The van der Waals surface area contributed by atoms with Gasteiger partial charge in [0.15, 0.2) is 0 Å². The molecule has 8 nitrogen and oxygen atoms in total. The number of hydrogen-bond donors (Lipinski definition) is 3. The molecule has 10 heteroatoms. The Kier molecular flexibility index (Phi) is 6.71. The number of rotatable bonds is 5. The van der Waals surface area contributed by atoms with Crippen molar-refractivity contribution in [2.45, 2.75) is 18.8 Å². The van der Waals surface area contributed by atoms with Gasteiger partial charge in [-0.2, -0.15) is 0 Å². The summed E-state index contributed by atoms with van der Waals surface area (Å²) in [7, 11) is 3.40. The molecule has 3 aromatic heterocycles. The zero-order valence-corrected chi connectivity index (χ0v) is 23.0. The summed E-state index contributed by atoms with van der Waals surface area (Å²) in [5.41, 5.74) is 4.49. The number of pyridine rings is 1. The van der Waals surface area contributed by atoms with Crippen molar-refractivity contribution in [2.24, 2.45) is 0 Å². The lowest BCUT2D eigenvalue weighted by Crippen LogP contribution is -2.39. The maximum absolute atomic E-state index is 13.6. The molecule has 0 spiro atoms. The Morgan fingerprint density at radius 3 is 2.73 bits per heavy atom. The quantitative estimate of drug-likeness (QED) is 0.238. The van der Waals surface area contributed by atoms with E-state index in [-0.39, 0.29) is 23.5 Å². The minimum absolute atomic E-state index is 0.0101. The van der Waals surface area contributed by atoms with E-state index in [1.54, 1.807) is 29.7 Å². The standard InChI is InChI=1S/C30H28FN5O3S/c1-32-29(37)26-22-14-21(24(35(2)40)15-25(22)39-27(26)17-7-9-20(31)10-8-17)19-6-4-12-36(16-19)30(38)23-13-18-5-3-11-33-28(18)34-23/h3,5,7-11,13-15,19,40H,4,6,12,16H2,1-2H3,(H,32,37)(H,33,34)/t19-/m1/s1. The molecule has 6 rings (SSSR count). The molecular formula is C30H28FN5O3S. The van der Waals surface area contributed by atoms with Crippen molar-refractivity contribution in [2.75, 3.05) is 31.5 Å². The van der Waals surface area contributed by atoms with Crippen LogP contribution in [0.25, 0.3) is 33.3 Å². The van der Waals surface area contributed by atoms with E-state index in [0.717, 1.165) is 29.5 Å². The molecule has 5 aromatic rings. The zero-order chi connectivity index (χ0) is 28.0. The van der Waals surface area contributed by atoms with Crippen molar-refractivity contribution in [3.63, 3.8) is 0 Å². The van der Waals surface area contributed by atoms with Crippen molar-refractivity contribution < 1.29 is 18.4 Å². The Morgan fingerprint density at radius 2 is 2.00 bits per heavy atom. The molecule has 0 bridgehead atoms. The van der Waals surface area contributed by atoms with Gasteiger partial charge in [-0.1, -0.05) is 12.8 Å². The highest BCUT2D eigenvalue weighted by molar-refractivity contribution is 7.81. The number of benzene rings is 2. The van der Waals surface area contributed by atoms with Crippen LogP contribution in [-0.4, -0.2) is 53.9 Å². The number of anilines is 1. The molecule has 1 aliphatic heterocycles. The summed E-state index contributed by atoms with van der Waals surface area (Å²) in [5, 5.41) is 4.25. The number of hydrogen-bond acceptors (Lipinski definition) is 6. The second kappa shape index (κ2) is 10.3. The number of halogens is 1. The average Bonchev–Trinajstić information content (AvgIpc) is 3.57. The van der Waals surface area contributed by atoms with Gasteiger partial charge in [0.05, 0.1) is 11.3 Å². The summed E-state index contributed by atoms with van der Waals surface area (Å²) in [5.74, 6) is -0.368. The Labute approximate surface area is 235 Å². The molecule has 2 N–H and O–H groups in total. The van der Waals surface area contributed by atoms with Crippen molar-refractivity contribution in [1.82, 2.24) is 20.2 Å². The molecule has 1 saturated heterocycles. The molecule has 0 radical (unpaired) electrons. The maximum atomic E-state index is 13.6. The number of furan rings is 1. The van der Waals surface area contributed by atoms with Crippen molar-refractivity contribution >= 4 is 52.3 Å². The van der Waals surface area contributed by atoms with Crippen LogP contribution >= 0.6 is 12.8 Å². The van der Waals surface area contributed by atoms with Gasteiger partial charge in [0.25, 0.3) is 11.8 Å². The summed E-state index contributed by atoms with van der Waals surface area (Å²) >= 11 is 4.60. The number of amides is 2. The lowest BCUT2D eigenvalue weighted by molar-refractivity contribution is 0.0702. The van der Waals surface area contributed by atoms with Crippen LogP contribution in [0.3, 0.4) is 0 Å². The first-order valence-electron chi connectivity index (χ1n) is 13.1. The highest BCUT2D eigenvalue weighted by atomic mass is 32.1. The summed E-state index contributed by atoms with van der Waals surface area (Å²) in [6, 6.07) is 15.3. The average molecular weight is 558 g/mol. The number of carbonyl (C=O) groups excluding carboxylic acids is 2. The predicted molar refractivity (Wildman–Crippen MR) is 156 cm³/mol. The molecular weight excluding hydrogens is 529 g/mol. The second-order valence-electron chi connectivity index (χ2n) is 10.0. The first kappa shape index (κ1) is 25.9. The van der Waals surface area contributed by atoms with Crippen molar-refractivity contribution in [1.29, 1.82) is 0 Å². The largest absolute Gasteiger partial charge is 0.455 e. The fourth-order valence-electron chi connectivity index (χ4n) is 5.57. The fourth-order valence-corrected chi connectivity index (χ4v) is 5.74. The van der Waals surface area contributed by atoms with Crippen LogP contribution in [0.4, 0.5) is 10.1 Å². The molecule has 0 aliphatic carbocycles. The number of carbonyl (C=O) groups is 2. The van der Waals surface area contributed by atoms with Crippen LogP contribution in [0, 0.1) is 5.82 Å². The second-order valence-corrected chi connectivity index (χ2v) is 10.6. The third-order valence-corrected chi connectivity index (χ3v) is 7.73. The third kappa shape index (κ3) is 4.58. The first-order chi connectivity index (χ1) is 19.3. The van der Waals surface area contributed by atoms with Gasteiger partial charge in [0, 0.05) is 61.7 Å². The molecule has 0 saturated carbocycles. The minimum atomic E-state index is -0.372. The van der Waals surface area contributed by atoms with E-state index in [4.69, 9.17) is 4.42 Å². The first-order valence-corrected chi connectivity index (χ1v) is 13.5. The van der Waals surface area contributed by atoms with Crippen molar-refractivity contribution in [3.05, 3.63) is 83.4 Å². The number of aromatic amines is 1. The normalized spacial score (nSPS) is 15.5. The topological polar surface area (TPSA) is 94.5 Å². The number of thiol groups is 1. The van der Waals surface area contributed by atoms with Gasteiger partial charge in [-0.3, -0.25) is 9.59 Å². The monoisotopic (exact) mass is 557 g/mol. The van der Waals surface area contributed by atoms with E-state index in [0.29, 0.717) is 52.3 Å². The maximum Gasteiger partial charge on any atom is 0.270 e. The molecule has 1 fully saturated rings. The molecule has 1 atom stereocenters. The zero-order valence-electron chi connectivity index (χ0n) is 22.1. The van der Waals surface area contributed by atoms with Crippen LogP contribution in [0.1, 0.15) is 45.2 Å². The Bertz CT molecular complexity index is 1710. The lowest BCUT2D eigenvalue weighted by atomic mass is 9.88. The van der Waals surface area contributed by atoms with Gasteiger partial charge < -0.3 is 23.9 Å². The minimum Gasteiger partial charge on any atom is -0.455 e. The lowest BCUT2D eigenvalue weighted by Gasteiger charge is -2.34. The third-order valence-electron chi connectivity index (χ3n) is 7.52. The summed E-state index contributed by atoms with van der Waals surface area (Å²) in [6.07, 6.45) is 3.40. The summed E-state index contributed by atoms with van der Waals surface area (Å²) in [4.78, 5) is 35.9. The van der Waals surface area contributed by atoms with E-state index in [2.05, 4.69) is 28.1 Å². The van der Waals surface area contributed by atoms with Gasteiger partial charge in [-0.05, 0) is 66.9 Å². The molecule has 1 aliphatic rings. The number of aromatic nitrogens is 2. The van der Waals surface area contributed by atoms with Gasteiger partial charge in [-0.15, -0.1) is 0 Å². The van der Waals surface area contributed by atoms with E-state index >= 15 is 0 Å². The summed E-state index contributed by atoms with van der Waals surface area (Å²) in [6.45, 7) is 1.16. The number of nitrogens with one attached hydrogen (secondary N) is 2. The smallest absolute Gasteiger partial charge is 0.270 e. The summed E-state index contributed by atoms with van der Waals surface area (Å²) < 4.78 is 21.6. The Balaban J connectivity index is 1.41. The molecule has 204 valence electrons. The SMILES string of the molecule is CNC(=O)c1c(-c2ccc(F)cc2)oc2cc(N(C)S)c([C@@H]3CCCN(C(=O)c4cc5cccnc5[nH]4)C3)cc12. The van der Waals surface area contributed by atoms with E-state index < -0.39 is 0 Å². The Hall–Kier alpha value is -4.31. The van der Waals surface area contributed by atoms with Gasteiger partial charge in [0.2, 0.25) is 0 Å². The van der Waals surface area contributed by atoms with E-state index in [9.17, 15) is 14.0 Å². The highest BCUT2D eigenvalue weighted by Crippen LogP contribution is 2.41. The molecule has 4 heterocycles. The molecule has 2 aromatic carbocycles. The van der Waals surface area contributed by atoms with E-state index in [1.165, 1.54) is 12.1 Å². The molecule has 40 heavy (non-hydrogen) atoms. The van der Waals surface area contributed by atoms with Crippen molar-refractivity contribution in [3.8, 4) is 11.3 Å². The van der Waals surface area contributed by atoms with Gasteiger partial charge in [0.1, 0.15) is 28.5 Å². The number of nitrogens with zero attached hydrogens (tertiary/aromatic N) is 3. The van der Waals surface area contributed by atoms with Crippen LogP contribution in [0.2, 0.25) is 0 Å². The van der Waals surface area contributed by atoms with Crippen LogP contribution in [0.15, 0.2) is 65.2 Å². The van der Waals surface area contributed by atoms with Gasteiger partial charge in [-0.25, -0.2) is 9.37 Å². The van der Waals surface area contributed by atoms with Crippen LogP contribution < -0.4 is 9.62 Å². The van der Waals surface area contributed by atoms with Crippen LogP contribution in [0.5, 0.6) is 0 Å². The predicted octanol–water partition coefficient (Wildman–Crippen LogP) is 5.78. The van der Waals surface area contributed by atoms with Gasteiger partial charge >= 0.3 is 0 Å². The number of likely N-dealkylation sites (tertiary alicyclic amines) is 1. The number of piperidine rings is 1. The van der Waals surface area contributed by atoms with Crippen LogP contribution in [-0.2, 0) is 0 Å². The fraction of sp³-hybridized carbons (Fsp3) is 0.233. The molecule has 2 amide bonds. The molecule has 0 unspecified atom stereocenters. The number of fused-ring (bicyclic) bond motifs is 2. The number of H-pyrrole nitrogens is 1. The highest BCUT2D eigenvalue weighted by Gasteiger charge is 2.30. The van der Waals surface area contributed by atoms with E-state index in [1.807, 2.05) is 42.3 Å². The Morgan fingerprint density at radius 1 is 1.20 bits per heavy atom.